The Hall–Kier alpha value is -1.87. The quantitative estimate of drug-likeness (QED) is 0.758. The molecule has 8 heteroatoms. The van der Waals surface area contributed by atoms with Crippen molar-refractivity contribution in [3.8, 4) is 0 Å². The lowest BCUT2D eigenvalue weighted by Crippen LogP contribution is -2.32. The fourth-order valence-corrected chi connectivity index (χ4v) is 5.88. The third-order valence-corrected chi connectivity index (χ3v) is 7.29. The summed E-state index contributed by atoms with van der Waals surface area (Å²) >= 11 is 1.02. The van der Waals surface area contributed by atoms with Gasteiger partial charge in [0.15, 0.2) is 0 Å². The van der Waals surface area contributed by atoms with Crippen molar-refractivity contribution in [3.05, 3.63) is 53.6 Å². The fourth-order valence-electron chi connectivity index (χ4n) is 3.42. The van der Waals surface area contributed by atoms with Crippen LogP contribution in [0.5, 0.6) is 0 Å². The maximum atomic E-state index is 13.3. The number of sulfonamides is 1. The maximum absolute atomic E-state index is 13.3. The fraction of sp³-hybridized carbons (Fsp3) is 0.294. The average molecular weight is 374 g/mol. The van der Waals surface area contributed by atoms with E-state index >= 15 is 0 Å². The summed E-state index contributed by atoms with van der Waals surface area (Å²) in [7, 11) is -3.68. The molecule has 130 valence electrons. The number of fused-ring (bicyclic) bond motifs is 1. The van der Waals surface area contributed by atoms with Gasteiger partial charge in [0, 0.05) is 25.0 Å². The van der Waals surface area contributed by atoms with Gasteiger partial charge in [-0.25, -0.2) is 8.42 Å². The standard InChI is InChI=1S/C17H18N4O2S2/c1-11-7-8-15-16(20-24-19-15)17(11)25(22,23)21-9-13(14(18)10-21)12-5-3-2-4-6-12/h2-8,13-14H,9-10,18H2,1H3/t13-,14+/m1/s1. The Balaban J connectivity index is 1.74. The number of rotatable bonds is 3. The molecule has 0 bridgehead atoms. The predicted octanol–water partition coefficient (Wildman–Crippen LogP) is 2.12. The van der Waals surface area contributed by atoms with Crippen molar-refractivity contribution in [3.63, 3.8) is 0 Å². The molecule has 2 heterocycles. The maximum Gasteiger partial charge on any atom is 0.245 e. The minimum Gasteiger partial charge on any atom is -0.326 e. The Morgan fingerprint density at radius 2 is 1.88 bits per heavy atom. The first-order chi connectivity index (χ1) is 12.0. The molecule has 1 aliphatic rings. The van der Waals surface area contributed by atoms with Gasteiger partial charge in [0.1, 0.15) is 15.9 Å². The van der Waals surface area contributed by atoms with Gasteiger partial charge in [-0.15, -0.1) is 0 Å². The van der Waals surface area contributed by atoms with Crippen molar-refractivity contribution >= 4 is 32.8 Å². The summed E-state index contributed by atoms with van der Waals surface area (Å²) in [6.45, 7) is 2.46. The monoisotopic (exact) mass is 374 g/mol. The van der Waals surface area contributed by atoms with Crippen LogP contribution in [-0.2, 0) is 10.0 Å². The highest BCUT2D eigenvalue weighted by atomic mass is 32.2. The van der Waals surface area contributed by atoms with E-state index in [0.717, 1.165) is 17.3 Å². The smallest absolute Gasteiger partial charge is 0.245 e. The minimum absolute atomic E-state index is 0.0101. The molecule has 4 rings (SSSR count). The van der Waals surface area contributed by atoms with E-state index in [4.69, 9.17) is 5.73 Å². The molecule has 1 aromatic heterocycles. The molecule has 0 aliphatic carbocycles. The first-order valence-electron chi connectivity index (χ1n) is 8.01. The van der Waals surface area contributed by atoms with Crippen molar-refractivity contribution in [2.45, 2.75) is 23.8 Å². The third kappa shape index (κ3) is 2.75. The molecule has 0 unspecified atom stereocenters. The molecule has 25 heavy (non-hydrogen) atoms. The molecular formula is C17H18N4O2S2. The number of nitrogens with two attached hydrogens (primary N) is 1. The molecule has 2 aromatic carbocycles. The Kier molecular flexibility index (Phi) is 4.07. The van der Waals surface area contributed by atoms with Crippen LogP contribution in [0.1, 0.15) is 17.0 Å². The molecule has 0 saturated carbocycles. The summed E-state index contributed by atoms with van der Waals surface area (Å²) < 4.78 is 36.4. The predicted molar refractivity (Wildman–Crippen MR) is 98.1 cm³/mol. The van der Waals surface area contributed by atoms with Gasteiger partial charge >= 0.3 is 0 Å². The molecule has 1 aliphatic heterocycles. The Labute approximate surface area is 150 Å². The molecular weight excluding hydrogens is 356 g/mol. The number of benzene rings is 2. The Morgan fingerprint density at radius 1 is 1.12 bits per heavy atom. The van der Waals surface area contributed by atoms with E-state index in [-0.39, 0.29) is 16.9 Å². The molecule has 3 aromatic rings. The summed E-state index contributed by atoms with van der Waals surface area (Å²) in [6.07, 6.45) is 0. The molecule has 1 saturated heterocycles. The van der Waals surface area contributed by atoms with Gasteiger partial charge in [0.05, 0.1) is 11.7 Å². The van der Waals surface area contributed by atoms with Crippen LogP contribution in [0.15, 0.2) is 47.4 Å². The number of nitrogens with zero attached hydrogens (tertiary/aromatic N) is 3. The summed E-state index contributed by atoms with van der Waals surface area (Å²) in [5, 5.41) is 0. The zero-order chi connectivity index (χ0) is 17.6. The third-order valence-electron chi connectivity index (χ3n) is 4.74. The lowest BCUT2D eigenvalue weighted by molar-refractivity contribution is 0.470. The van der Waals surface area contributed by atoms with E-state index in [1.54, 1.807) is 19.1 Å². The summed E-state index contributed by atoms with van der Waals surface area (Å²) in [5.41, 5.74) is 9.07. The van der Waals surface area contributed by atoms with Gasteiger partial charge in [-0.3, -0.25) is 0 Å². The molecule has 0 radical (unpaired) electrons. The average Bonchev–Trinajstić information content (AvgIpc) is 3.22. The molecule has 0 spiro atoms. The molecule has 0 amide bonds. The van der Waals surface area contributed by atoms with E-state index in [2.05, 4.69) is 8.75 Å². The van der Waals surface area contributed by atoms with Crippen LogP contribution in [0.25, 0.3) is 11.0 Å². The second-order valence-corrected chi connectivity index (χ2v) is 8.75. The van der Waals surface area contributed by atoms with Crippen LogP contribution in [-0.4, -0.2) is 40.6 Å². The first-order valence-corrected chi connectivity index (χ1v) is 10.2. The van der Waals surface area contributed by atoms with Crippen molar-refractivity contribution < 1.29 is 8.42 Å². The zero-order valence-electron chi connectivity index (χ0n) is 13.7. The number of hydrogen-bond donors (Lipinski definition) is 1. The van der Waals surface area contributed by atoms with E-state index in [9.17, 15) is 8.42 Å². The van der Waals surface area contributed by atoms with Crippen LogP contribution in [0.2, 0.25) is 0 Å². The van der Waals surface area contributed by atoms with Crippen LogP contribution >= 0.6 is 11.7 Å². The van der Waals surface area contributed by atoms with Crippen molar-refractivity contribution in [2.75, 3.05) is 13.1 Å². The van der Waals surface area contributed by atoms with Gasteiger partial charge in [-0.2, -0.15) is 13.1 Å². The van der Waals surface area contributed by atoms with Gasteiger partial charge < -0.3 is 5.73 Å². The molecule has 6 nitrogen and oxygen atoms in total. The second-order valence-electron chi connectivity index (χ2n) is 6.35. The number of aromatic nitrogens is 2. The van der Waals surface area contributed by atoms with Gasteiger partial charge in [-0.05, 0) is 24.1 Å². The van der Waals surface area contributed by atoms with E-state index in [1.807, 2.05) is 30.3 Å². The minimum atomic E-state index is -3.68. The highest BCUT2D eigenvalue weighted by Gasteiger charge is 2.39. The highest BCUT2D eigenvalue weighted by Crippen LogP contribution is 2.33. The van der Waals surface area contributed by atoms with Gasteiger partial charge in [0.2, 0.25) is 10.0 Å². The van der Waals surface area contributed by atoms with E-state index in [1.165, 1.54) is 4.31 Å². The van der Waals surface area contributed by atoms with Crippen molar-refractivity contribution in [1.82, 2.24) is 13.1 Å². The van der Waals surface area contributed by atoms with Crippen LogP contribution < -0.4 is 5.73 Å². The zero-order valence-corrected chi connectivity index (χ0v) is 15.3. The summed E-state index contributed by atoms with van der Waals surface area (Å²) in [4.78, 5) is 0.250. The molecule has 2 N–H and O–H groups in total. The number of hydrogen-bond acceptors (Lipinski definition) is 6. The first kappa shape index (κ1) is 16.6. The van der Waals surface area contributed by atoms with Gasteiger partial charge in [-0.1, -0.05) is 36.4 Å². The molecule has 1 fully saturated rings. The lowest BCUT2D eigenvalue weighted by Gasteiger charge is -2.18. The number of aryl methyl sites for hydroxylation is 1. The van der Waals surface area contributed by atoms with Gasteiger partial charge in [0.25, 0.3) is 0 Å². The topological polar surface area (TPSA) is 89.2 Å². The van der Waals surface area contributed by atoms with Crippen LogP contribution in [0.3, 0.4) is 0 Å². The molecule has 2 atom stereocenters. The SMILES string of the molecule is Cc1ccc2nsnc2c1S(=O)(=O)N1C[C@H](c2ccccc2)[C@@H](N)C1. The Bertz CT molecular complexity index is 1020. The van der Waals surface area contributed by atoms with Crippen LogP contribution in [0, 0.1) is 6.92 Å². The van der Waals surface area contributed by atoms with Crippen molar-refractivity contribution in [2.24, 2.45) is 5.73 Å². The van der Waals surface area contributed by atoms with Crippen LogP contribution in [0.4, 0.5) is 0 Å². The second kappa shape index (κ2) is 6.14. The van der Waals surface area contributed by atoms with E-state index < -0.39 is 10.0 Å². The van der Waals surface area contributed by atoms with E-state index in [0.29, 0.717) is 29.7 Å². The largest absolute Gasteiger partial charge is 0.326 e. The van der Waals surface area contributed by atoms with Crippen molar-refractivity contribution in [1.29, 1.82) is 0 Å². The lowest BCUT2D eigenvalue weighted by atomic mass is 9.95. The highest BCUT2D eigenvalue weighted by molar-refractivity contribution is 7.89. The Morgan fingerprint density at radius 3 is 2.64 bits per heavy atom. The summed E-state index contributed by atoms with van der Waals surface area (Å²) in [6, 6.07) is 13.2. The summed E-state index contributed by atoms with van der Waals surface area (Å²) in [5.74, 6) is -0.0101. The normalized spacial score (nSPS) is 21.8.